The fraction of sp³-hybridized carbons (Fsp3) is 0.190. The SMILES string of the molecule is CCn1nc(C(=O)NNC(=O)CC2Sc3ccccc3NC2=O)c2ccccc2c1=O. The van der Waals surface area contributed by atoms with Gasteiger partial charge < -0.3 is 5.32 Å². The lowest BCUT2D eigenvalue weighted by atomic mass is 10.1. The van der Waals surface area contributed by atoms with Crippen LogP contribution < -0.4 is 21.7 Å². The molecule has 0 saturated carbocycles. The number of rotatable bonds is 4. The number of hydrogen-bond donors (Lipinski definition) is 3. The Balaban J connectivity index is 1.45. The van der Waals surface area contributed by atoms with Crippen LogP contribution in [0.1, 0.15) is 23.8 Å². The average Bonchev–Trinajstić information content (AvgIpc) is 2.78. The van der Waals surface area contributed by atoms with Crippen LogP contribution in [0.15, 0.2) is 58.2 Å². The molecule has 2 aromatic carbocycles. The summed E-state index contributed by atoms with van der Waals surface area (Å²) in [6.45, 7) is 2.05. The minimum atomic E-state index is -0.655. The number of amides is 3. The second kappa shape index (κ2) is 8.60. The lowest BCUT2D eigenvalue weighted by molar-refractivity contribution is -0.124. The third kappa shape index (κ3) is 4.15. The minimum Gasteiger partial charge on any atom is -0.324 e. The standard InChI is InChI=1S/C21H19N5O4S/c1-2-26-21(30)13-8-4-3-7-12(13)18(25-26)20(29)24-23-17(27)11-16-19(28)22-14-9-5-6-10-15(14)31-16/h3-10,16H,2,11H2,1H3,(H,22,28)(H,23,27)(H,24,29). The first-order valence-electron chi connectivity index (χ1n) is 9.63. The maximum Gasteiger partial charge on any atom is 0.290 e. The lowest BCUT2D eigenvalue weighted by Gasteiger charge is -2.23. The van der Waals surface area contributed by atoms with Crippen LogP contribution in [0.5, 0.6) is 0 Å². The summed E-state index contributed by atoms with van der Waals surface area (Å²) >= 11 is 1.30. The second-order valence-electron chi connectivity index (χ2n) is 6.81. The zero-order valence-electron chi connectivity index (χ0n) is 16.5. The van der Waals surface area contributed by atoms with Crippen molar-refractivity contribution in [3.63, 3.8) is 0 Å². The number of nitrogens with zero attached hydrogens (tertiary/aromatic N) is 2. The van der Waals surface area contributed by atoms with Crippen LogP contribution in [0.2, 0.25) is 0 Å². The topological polar surface area (TPSA) is 122 Å². The van der Waals surface area contributed by atoms with Crippen molar-refractivity contribution in [3.8, 4) is 0 Å². The van der Waals surface area contributed by atoms with Crippen LogP contribution >= 0.6 is 11.8 Å². The molecule has 0 spiro atoms. The van der Waals surface area contributed by atoms with Gasteiger partial charge >= 0.3 is 0 Å². The summed E-state index contributed by atoms with van der Waals surface area (Å²) in [7, 11) is 0. The average molecular weight is 437 g/mol. The van der Waals surface area contributed by atoms with Crippen LogP contribution in [0.3, 0.4) is 0 Å². The largest absolute Gasteiger partial charge is 0.324 e. The Morgan fingerprint density at radius 3 is 2.55 bits per heavy atom. The molecular formula is C21H19N5O4S. The first-order chi connectivity index (χ1) is 15.0. The number of aryl methyl sites for hydroxylation is 1. The van der Waals surface area contributed by atoms with E-state index in [0.717, 1.165) is 4.90 Å². The van der Waals surface area contributed by atoms with Crippen molar-refractivity contribution < 1.29 is 14.4 Å². The summed E-state index contributed by atoms with van der Waals surface area (Å²) in [5, 5.41) is 7.04. The van der Waals surface area contributed by atoms with E-state index in [1.54, 1.807) is 37.3 Å². The smallest absolute Gasteiger partial charge is 0.290 e. The summed E-state index contributed by atoms with van der Waals surface area (Å²) in [4.78, 5) is 50.6. The molecule has 1 aliphatic heterocycles. The number of hydrazine groups is 1. The fourth-order valence-corrected chi connectivity index (χ4v) is 4.36. The number of fused-ring (bicyclic) bond motifs is 2. The van der Waals surface area contributed by atoms with Crippen LogP contribution in [-0.2, 0) is 16.1 Å². The number of thioether (sulfide) groups is 1. The Bertz CT molecular complexity index is 1260. The van der Waals surface area contributed by atoms with Crippen LogP contribution in [0, 0.1) is 0 Å². The first-order valence-corrected chi connectivity index (χ1v) is 10.5. The predicted octanol–water partition coefficient (Wildman–Crippen LogP) is 1.68. The predicted molar refractivity (Wildman–Crippen MR) is 117 cm³/mol. The van der Waals surface area contributed by atoms with E-state index in [-0.39, 0.29) is 23.6 Å². The van der Waals surface area contributed by atoms with E-state index in [1.807, 2.05) is 18.2 Å². The molecule has 1 aromatic heterocycles. The number of hydrogen-bond acceptors (Lipinski definition) is 6. The van der Waals surface area contributed by atoms with Gasteiger partial charge in [-0.05, 0) is 25.1 Å². The van der Waals surface area contributed by atoms with Crippen LogP contribution in [0.4, 0.5) is 5.69 Å². The molecule has 3 N–H and O–H groups in total. The highest BCUT2D eigenvalue weighted by Gasteiger charge is 2.29. The van der Waals surface area contributed by atoms with Gasteiger partial charge in [0.1, 0.15) is 0 Å². The number of para-hydroxylation sites is 1. The molecule has 1 unspecified atom stereocenters. The summed E-state index contributed by atoms with van der Waals surface area (Å²) < 4.78 is 1.19. The van der Waals surface area contributed by atoms with Gasteiger partial charge in [-0.15, -0.1) is 11.8 Å². The van der Waals surface area contributed by atoms with E-state index in [2.05, 4.69) is 21.3 Å². The maximum atomic E-state index is 12.7. The third-order valence-corrected chi connectivity index (χ3v) is 6.05. The van der Waals surface area contributed by atoms with E-state index in [0.29, 0.717) is 23.0 Å². The van der Waals surface area contributed by atoms with Crippen molar-refractivity contribution in [1.29, 1.82) is 0 Å². The van der Waals surface area contributed by atoms with Gasteiger partial charge in [-0.2, -0.15) is 5.10 Å². The molecule has 1 atom stereocenters. The molecule has 0 aliphatic carbocycles. The van der Waals surface area contributed by atoms with Crippen molar-refractivity contribution in [2.75, 3.05) is 5.32 Å². The Kier molecular flexibility index (Phi) is 5.72. The number of anilines is 1. The van der Waals surface area contributed by atoms with Gasteiger partial charge in [-0.1, -0.05) is 30.3 Å². The van der Waals surface area contributed by atoms with E-state index in [9.17, 15) is 19.2 Å². The maximum absolute atomic E-state index is 12.7. The minimum absolute atomic E-state index is 0.0241. The molecule has 3 amide bonds. The van der Waals surface area contributed by atoms with Crippen LogP contribution in [0.25, 0.3) is 10.8 Å². The van der Waals surface area contributed by atoms with E-state index < -0.39 is 17.1 Å². The monoisotopic (exact) mass is 437 g/mol. The van der Waals surface area contributed by atoms with Gasteiger partial charge in [0.2, 0.25) is 11.8 Å². The molecule has 0 bridgehead atoms. The summed E-state index contributed by atoms with van der Waals surface area (Å²) in [6, 6.07) is 14.0. The number of nitrogens with one attached hydrogen (secondary N) is 3. The zero-order valence-corrected chi connectivity index (χ0v) is 17.4. The Morgan fingerprint density at radius 1 is 1.06 bits per heavy atom. The molecule has 2 heterocycles. The Hall–Kier alpha value is -3.66. The van der Waals surface area contributed by atoms with E-state index >= 15 is 0 Å². The van der Waals surface area contributed by atoms with Gasteiger partial charge in [0.05, 0.1) is 16.3 Å². The Labute approximate surface area is 181 Å². The fourth-order valence-electron chi connectivity index (χ4n) is 3.25. The zero-order chi connectivity index (χ0) is 22.0. The van der Waals surface area contributed by atoms with Gasteiger partial charge in [0, 0.05) is 23.2 Å². The number of carbonyl (C=O) groups is 3. The van der Waals surface area contributed by atoms with Crippen LogP contribution in [-0.4, -0.2) is 32.8 Å². The molecule has 10 heteroatoms. The van der Waals surface area contributed by atoms with Crippen molar-refractivity contribution >= 4 is 45.9 Å². The normalized spacial score (nSPS) is 15.1. The van der Waals surface area contributed by atoms with Crippen molar-refractivity contribution in [1.82, 2.24) is 20.6 Å². The second-order valence-corrected chi connectivity index (χ2v) is 8.06. The van der Waals surface area contributed by atoms with Crippen molar-refractivity contribution in [2.45, 2.75) is 30.0 Å². The van der Waals surface area contributed by atoms with Gasteiger partial charge in [0.15, 0.2) is 5.69 Å². The molecule has 0 fully saturated rings. The summed E-state index contributed by atoms with van der Waals surface area (Å²) in [5.41, 5.74) is 5.10. The first kappa shape index (κ1) is 20.6. The van der Waals surface area contributed by atoms with Crippen molar-refractivity contribution in [3.05, 3.63) is 64.6 Å². The highest BCUT2D eigenvalue weighted by atomic mass is 32.2. The lowest BCUT2D eigenvalue weighted by Crippen LogP contribution is -2.44. The number of carbonyl (C=O) groups excluding carboxylic acids is 3. The molecule has 4 rings (SSSR count). The number of benzene rings is 2. The van der Waals surface area contributed by atoms with Gasteiger partial charge in [0.25, 0.3) is 11.5 Å². The van der Waals surface area contributed by atoms with E-state index in [1.165, 1.54) is 16.4 Å². The molecule has 9 nitrogen and oxygen atoms in total. The highest BCUT2D eigenvalue weighted by Crippen LogP contribution is 2.36. The van der Waals surface area contributed by atoms with E-state index in [4.69, 9.17) is 0 Å². The molecule has 3 aromatic rings. The molecular weight excluding hydrogens is 418 g/mol. The number of aromatic nitrogens is 2. The Morgan fingerprint density at radius 2 is 1.77 bits per heavy atom. The highest BCUT2D eigenvalue weighted by molar-refractivity contribution is 8.01. The molecule has 158 valence electrons. The molecule has 0 saturated heterocycles. The van der Waals surface area contributed by atoms with Gasteiger partial charge in [-0.3, -0.25) is 30.0 Å². The molecule has 0 radical (unpaired) electrons. The summed E-state index contributed by atoms with van der Waals surface area (Å²) in [6.07, 6.45) is -0.117. The van der Waals surface area contributed by atoms with Crippen molar-refractivity contribution in [2.24, 2.45) is 0 Å². The van der Waals surface area contributed by atoms with Gasteiger partial charge in [-0.25, -0.2) is 4.68 Å². The quantitative estimate of drug-likeness (QED) is 0.534. The molecule has 1 aliphatic rings. The third-order valence-electron chi connectivity index (χ3n) is 4.78. The summed E-state index contributed by atoms with van der Waals surface area (Å²) in [5.74, 6) is -1.45. The molecule has 31 heavy (non-hydrogen) atoms.